The average molecular weight is 424 g/mol. The summed E-state index contributed by atoms with van der Waals surface area (Å²) in [6, 6.07) is 16.4. The lowest BCUT2D eigenvalue weighted by molar-refractivity contribution is 0.451. The summed E-state index contributed by atoms with van der Waals surface area (Å²) >= 11 is 6.82. The van der Waals surface area contributed by atoms with Crippen molar-refractivity contribution in [3.63, 3.8) is 0 Å². The highest BCUT2D eigenvalue weighted by Crippen LogP contribution is 2.47. The number of rotatable bonds is 3. The van der Waals surface area contributed by atoms with Crippen molar-refractivity contribution in [3.8, 4) is 0 Å². The van der Waals surface area contributed by atoms with Gasteiger partial charge in [-0.15, -0.1) is 0 Å². The first-order valence-electron chi connectivity index (χ1n) is 9.20. The van der Waals surface area contributed by atoms with E-state index < -0.39 is 10.0 Å². The highest BCUT2D eigenvalue weighted by Gasteiger charge is 2.42. The zero-order valence-electron chi connectivity index (χ0n) is 15.6. The van der Waals surface area contributed by atoms with Crippen LogP contribution in [0.4, 0.5) is 0 Å². The summed E-state index contributed by atoms with van der Waals surface area (Å²) in [5, 5.41) is 4.08. The number of fused-ring (bicyclic) bond motifs is 3. The van der Waals surface area contributed by atoms with Gasteiger partial charge in [0.2, 0.25) is 0 Å². The number of hydrogen-bond donors (Lipinski definition) is 2. The molecule has 5 rings (SSSR count). The van der Waals surface area contributed by atoms with E-state index in [-0.39, 0.29) is 10.8 Å². The molecule has 7 heteroatoms. The van der Waals surface area contributed by atoms with Crippen molar-refractivity contribution in [1.82, 2.24) is 15.2 Å². The first-order chi connectivity index (χ1) is 14.0. The van der Waals surface area contributed by atoms with E-state index in [9.17, 15) is 8.42 Å². The third-order valence-electron chi connectivity index (χ3n) is 5.35. The smallest absolute Gasteiger partial charge is 0.281 e. The van der Waals surface area contributed by atoms with Crippen LogP contribution in [0.5, 0.6) is 0 Å². The second-order valence-corrected chi connectivity index (χ2v) is 9.27. The van der Waals surface area contributed by atoms with Crippen LogP contribution in [-0.2, 0) is 10.0 Å². The van der Waals surface area contributed by atoms with E-state index in [1.807, 2.05) is 37.3 Å². The molecule has 0 saturated carbocycles. The topological polar surface area (TPSA) is 61.4 Å². The summed E-state index contributed by atoms with van der Waals surface area (Å²) in [6.45, 7) is 2.04. The van der Waals surface area contributed by atoms with Crippen molar-refractivity contribution >= 4 is 27.3 Å². The zero-order chi connectivity index (χ0) is 20.2. The van der Waals surface area contributed by atoms with Crippen LogP contribution in [-0.4, -0.2) is 12.8 Å². The zero-order valence-corrected chi connectivity index (χ0v) is 17.1. The van der Waals surface area contributed by atoms with E-state index in [2.05, 4.69) is 10.7 Å². The van der Waals surface area contributed by atoms with E-state index in [4.69, 9.17) is 11.6 Å². The highest BCUT2D eigenvalue weighted by atomic mass is 35.5. The van der Waals surface area contributed by atoms with Gasteiger partial charge >= 0.3 is 0 Å². The molecule has 0 spiro atoms. The minimum atomic E-state index is -3.73. The maximum atomic E-state index is 13.1. The Labute approximate surface area is 174 Å². The molecule has 0 radical (unpaired) electrons. The Morgan fingerprint density at radius 2 is 1.72 bits per heavy atom. The van der Waals surface area contributed by atoms with Gasteiger partial charge < -0.3 is 5.32 Å². The summed E-state index contributed by atoms with van der Waals surface area (Å²) in [5.41, 5.74) is 8.26. The second-order valence-electron chi connectivity index (χ2n) is 7.08. The number of sulfonamides is 1. The number of nitrogens with one attached hydrogen (secondary N) is 2. The second kappa shape index (κ2) is 6.54. The Morgan fingerprint density at radius 1 is 1.00 bits per heavy atom. The van der Waals surface area contributed by atoms with Crippen LogP contribution in [0.1, 0.15) is 11.1 Å². The molecule has 0 bridgehead atoms. The number of nitrogens with zero attached hydrogens (tertiary/aromatic N) is 1. The van der Waals surface area contributed by atoms with Crippen LogP contribution >= 0.6 is 11.6 Å². The Morgan fingerprint density at radius 3 is 2.48 bits per heavy atom. The number of halogens is 1. The Balaban J connectivity index is 1.53. The molecule has 0 aromatic heterocycles. The summed E-state index contributed by atoms with van der Waals surface area (Å²) in [7, 11) is -3.73. The van der Waals surface area contributed by atoms with Crippen molar-refractivity contribution in [2.24, 2.45) is 5.92 Å². The number of hydrogen-bond acceptors (Lipinski definition) is 4. The molecule has 1 unspecified atom stereocenters. The lowest BCUT2D eigenvalue weighted by atomic mass is 9.91. The predicted octanol–water partition coefficient (Wildman–Crippen LogP) is 4.00. The number of benzene rings is 2. The normalized spacial score (nSPS) is 20.3. The van der Waals surface area contributed by atoms with Gasteiger partial charge in [-0.25, -0.2) is 0 Å². The largest absolute Gasteiger partial charge is 0.357 e. The van der Waals surface area contributed by atoms with Crippen LogP contribution in [0.25, 0.3) is 5.70 Å². The Kier molecular flexibility index (Phi) is 4.08. The Bertz CT molecular complexity index is 1240. The molecule has 5 nitrogen and oxygen atoms in total. The third-order valence-corrected chi connectivity index (χ3v) is 7.41. The molecule has 146 valence electrons. The van der Waals surface area contributed by atoms with Gasteiger partial charge in [0.25, 0.3) is 10.0 Å². The summed E-state index contributed by atoms with van der Waals surface area (Å²) in [4.78, 5) is 0.226. The van der Waals surface area contributed by atoms with E-state index in [0.717, 1.165) is 28.1 Å². The predicted molar refractivity (Wildman–Crippen MR) is 113 cm³/mol. The molecule has 2 heterocycles. The Hall–Kier alpha value is -2.96. The molecule has 1 atom stereocenters. The fraction of sp³-hybridized carbons (Fsp3) is 0.0909. The van der Waals surface area contributed by atoms with E-state index in [0.29, 0.717) is 10.7 Å². The number of aryl methyl sites for hydroxylation is 1. The molecule has 1 aliphatic carbocycles. The molecule has 0 amide bonds. The minimum Gasteiger partial charge on any atom is -0.357 e. The highest BCUT2D eigenvalue weighted by molar-refractivity contribution is 7.89. The first kappa shape index (κ1) is 18.1. The van der Waals surface area contributed by atoms with Crippen molar-refractivity contribution in [2.45, 2.75) is 11.8 Å². The molecule has 2 aliphatic heterocycles. The van der Waals surface area contributed by atoms with Gasteiger partial charge in [0.05, 0.1) is 27.2 Å². The third kappa shape index (κ3) is 2.71. The fourth-order valence-electron chi connectivity index (χ4n) is 3.90. The summed E-state index contributed by atoms with van der Waals surface area (Å²) in [5.74, 6) is -0.227. The lowest BCUT2D eigenvalue weighted by Gasteiger charge is -2.25. The quantitative estimate of drug-likeness (QED) is 0.783. The van der Waals surface area contributed by atoms with Gasteiger partial charge in [0.15, 0.2) is 0 Å². The molecular weight excluding hydrogens is 406 g/mol. The van der Waals surface area contributed by atoms with Crippen LogP contribution in [0.2, 0.25) is 0 Å². The number of allylic oxidation sites excluding steroid dienone is 4. The van der Waals surface area contributed by atoms with E-state index in [1.165, 1.54) is 4.41 Å². The molecule has 29 heavy (non-hydrogen) atoms. The van der Waals surface area contributed by atoms with Gasteiger partial charge in [-0.05, 0) is 36.8 Å². The molecule has 3 aliphatic rings. The van der Waals surface area contributed by atoms with Crippen LogP contribution in [0.3, 0.4) is 0 Å². The van der Waals surface area contributed by atoms with Gasteiger partial charge in [-0.1, -0.05) is 54.1 Å². The standard InChI is InChI=1S/C22H18ClN3O2S/c1-14-7-5-6-10-16(14)22-21(23)20-17-13-24-26(19(17)12-11-18(20)25-22)29(27,28)15-8-3-2-4-9-15/h2-13,20,24-25H,1H3. The maximum absolute atomic E-state index is 13.1. The lowest BCUT2D eigenvalue weighted by Crippen LogP contribution is -2.36. The monoisotopic (exact) mass is 423 g/mol. The van der Waals surface area contributed by atoms with Gasteiger partial charge in [-0.3, -0.25) is 5.43 Å². The SMILES string of the molecule is Cc1ccccc1C1=C(Cl)C2C(=CC=C3C2=CNN3S(=O)(=O)c2ccccc2)N1. The molecular formula is C22H18ClN3O2S. The van der Waals surface area contributed by atoms with Gasteiger partial charge in [-0.2, -0.15) is 12.8 Å². The molecule has 2 aromatic rings. The molecule has 0 saturated heterocycles. The minimum absolute atomic E-state index is 0.226. The summed E-state index contributed by atoms with van der Waals surface area (Å²) in [6.07, 6.45) is 5.41. The van der Waals surface area contributed by atoms with E-state index >= 15 is 0 Å². The average Bonchev–Trinajstić information content (AvgIpc) is 3.30. The molecule has 2 aromatic carbocycles. The fourth-order valence-corrected chi connectivity index (χ4v) is 5.61. The van der Waals surface area contributed by atoms with E-state index in [1.54, 1.807) is 42.6 Å². The van der Waals surface area contributed by atoms with Crippen molar-refractivity contribution in [3.05, 3.63) is 106 Å². The van der Waals surface area contributed by atoms with Crippen molar-refractivity contribution in [2.75, 3.05) is 0 Å². The molecule has 0 fully saturated rings. The maximum Gasteiger partial charge on any atom is 0.281 e. The van der Waals surface area contributed by atoms with Crippen LogP contribution in [0.15, 0.2) is 99.8 Å². The molecule has 2 N–H and O–H groups in total. The number of hydrazine groups is 1. The van der Waals surface area contributed by atoms with Crippen molar-refractivity contribution in [1.29, 1.82) is 0 Å². The van der Waals surface area contributed by atoms with Gasteiger partial charge in [0, 0.05) is 23.0 Å². The van der Waals surface area contributed by atoms with Crippen molar-refractivity contribution < 1.29 is 8.42 Å². The summed E-state index contributed by atoms with van der Waals surface area (Å²) < 4.78 is 27.4. The van der Waals surface area contributed by atoms with Crippen LogP contribution in [0, 0.1) is 12.8 Å². The van der Waals surface area contributed by atoms with Crippen LogP contribution < -0.4 is 10.7 Å². The first-order valence-corrected chi connectivity index (χ1v) is 11.0. The van der Waals surface area contributed by atoms with Gasteiger partial charge in [0.1, 0.15) is 0 Å².